The molecular formula is C20H19FN2O. The smallest absolute Gasteiger partial charge is 0.123 e. The van der Waals surface area contributed by atoms with Gasteiger partial charge in [0.15, 0.2) is 0 Å². The van der Waals surface area contributed by atoms with E-state index in [-0.39, 0.29) is 5.82 Å². The Balaban J connectivity index is 1.51. The first-order valence-electron chi connectivity index (χ1n) is 7.80. The molecule has 3 aromatic rings. The van der Waals surface area contributed by atoms with Gasteiger partial charge in [-0.1, -0.05) is 42.5 Å². The Morgan fingerprint density at radius 3 is 2.33 bits per heavy atom. The maximum atomic E-state index is 12.9. The maximum absolute atomic E-state index is 12.9. The van der Waals surface area contributed by atoms with Crippen LogP contribution in [-0.2, 0) is 13.2 Å². The van der Waals surface area contributed by atoms with E-state index in [1.165, 1.54) is 12.1 Å². The first-order valence-corrected chi connectivity index (χ1v) is 7.80. The Morgan fingerprint density at radius 2 is 1.54 bits per heavy atom. The largest absolute Gasteiger partial charge is 0.489 e. The third kappa shape index (κ3) is 4.83. The lowest BCUT2D eigenvalue weighted by molar-refractivity contribution is 0.305. The third-order valence-corrected chi connectivity index (χ3v) is 3.51. The molecule has 0 aromatic heterocycles. The van der Waals surface area contributed by atoms with Crippen LogP contribution in [0.5, 0.6) is 5.75 Å². The number of hydrazine groups is 1. The first-order chi connectivity index (χ1) is 11.8. The lowest BCUT2D eigenvalue weighted by Gasteiger charge is -2.10. The van der Waals surface area contributed by atoms with E-state index in [0.29, 0.717) is 18.9 Å². The SMILES string of the molecule is Fc1ccc(OCc2cccc(CNNc3ccccc3)c2)cc1. The van der Waals surface area contributed by atoms with Crippen molar-refractivity contribution in [1.82, 2.24) is 5.43 Å². The van der Waals surface area contributed by atoms with Gasteiger partial charge in [0.2, 0.25) is 0 Å². The van der Waals surface area contributed by atoms with Crippen LogP contribution in [0.15, 0.2) is 78.9 Å². The van der Waals surface area contributed by atoms with Gasteiger partial charge in [-0.05, 0) is 47.5 Å². The molecule has 0 saturated heterocycles. The van der Waals surface area contributed by atoms with Crippen molar-refractivity contribution in [3.05, 3.63) is 95.8 Å². The lowest BCUT2D eigenvalue weighted by Crippen LogP contribution is -2.20. The summed E-state index contributed by atoms with van der Waals surface area (Å²) >= 11 is 0. The van der Waals surface area contributed by atoms with E-state index >= 15 is 0 Å². The Hall–Kier alpha value is -2.85. The lowest BCUT2D eigenvalue weighted by atomic mass is 10.1. The van der Waals surface area contributed by atoms with Crippen molar-refractivity contribution in [3.8, 4) is 5.75 Å². The van der Waals surface area contributed by atoms with Crippen molar-refractivity contribution in [3.63, 3.8) is 0 Å². The summed E-state index contributed by atoms with van der Waals surface area (Å²) in [6.45, 7) is 1.14. The van der Waals surface area contributed by atoms with Crippen molar-refractivity contribution >= 4 is 5.69 Å². The minimum absolute atomic E-state index is 0.263. The number of hydrogen-bond acceptors (Lipinski definition) is 3. The fraction of sp³-hybridized carbons (Fsp3) is 0.100. The average molecular weight is 322 g/mol. The zero-order chi connectivity index (χ0) is 16.6. The van der Waals surface area contributed by atoms with Gasteiger partial charge in [-0.15, -0.1) is 0 Å². The topological polar surface area (TPSA) is 33.3 Å². The molecule has 4 heteroatoms. The molecule has 3 rings (SSSR count). The number of ether oxygens (including phenoxy) is 1. The summed E-state index contributed by atoms with van der Waals surface area (Å²) in [6, 6.07) is 24.2. The Morgan fingerprint density at radius 1 is 0.792 bits per heavy atom. The second-order valence-electron chi connectivity index (χ2n) is 5.41. The monoisotopic (exact) mass is 322 g/mol. The Labute approximate surface area is 141 Å². The summed E-state index contributed by atoms with van der Waals surface area (Å²) in [7, 11) is 0. The molecule has 0 amide bonds. The zero-order valence-electron chi connectivity index (χ0n) is 13.2. The molecule has 3 aromatic carbocycles. The van der Waals surface area contributed by atoms with E-state index in [9.17, 15) is 4.39 Å². The Kier molecular flexibility index (Phi) is 5.43. The van der Waals surface area contributed by atoms with Gasteiger partial charge in [0.25, 0.3) is 0 Å². The number of halogens is 1. The highest BCUT2D eigenvalue weighted by Gasteiger charge is 1.99. The highest BCUT2D eigenvalue weighted by atomic mass is 19.1. The molecule has 0 spiro atoms. The third-order valence-electron chi connectivity index (χ3n) is 3.51. The molecule has 0 aliphatic heterocycles. The van der Waals surface area contributed by atoms with Crippen molar-refractivity contribution in [1.29, 1.82) is 0 Å². The fourth-order valence-electron chi connectivity index (χ4n) is 2.30. The van der Waals surface area contributed by atoms with E-state index in [1.54, 1.807) is 12.1 Å². The van der Waals surface area contributed by atoms with Crippen molar-refractivity contribution < 1.29 is 9.13 Å². The molecule has 0 unspecified atom stereocenters. The Bertz CT molecular complexity index is 760. The maximum Gasteiger partial charge on any atom is 0.123 e. The first kappa shape index (κ1) is 16.0. The van der Waals surface area contributed by atoms with E-state index in [1.807, 2.05) is 42.5 Å². The predicted molar refractivity (Wildman–Crippen MR) is 94.1 cm³/mol. The molecule has 0 aliphatic rings. The standard InChI is InChI=1S/C20H19FN2O/c21-18-9-11-20(12-10-18)24-15-17-6-4-5-16(13-17)14-22-23-19-7-2-1-3-8-19/h1-13,22-23H,14-15H2. The minimum Gasteiger partial charge on any atom is -0.489 e. The van der Waals surface area contributed by atoms with Gasteiger partial charge in [-0.3, -0.25) is 0 Å². The summed E-state index contributed by atoms with van der Waals surface area (Å²) in [5, 5.41) is 0. The molecule has 2 N–H and O–H groups in total. The molecule has 0 atom stereocenters. The van der Waals surface area contributed by atoms with Crippen LogP contribution in [0.4, 0.5) is 10.1 Å². The number of rotatable bonds is 7. The van der Waals surface area contributed by atoms with E-state index in [0.717, 1.165) is 16.8 Å². The van der Waals surface area contributed by atoms with Crippen molar-refractivity contribution in [2.45, 2.75) is 13.2 Å². The molecule has 0 heterocycles. The number of benzene rings is 3. The van der Waals surface area contributed by atoms with Crippen molar-refractivity contribution in [2.24, 2.45) is 0 Å². The van der Waals surface area contributed by atoms with Gasteiger partial charge in [0.1, 0.15) is 18.2 Å². The second-order valence-corrected chi connectivity index (χ2v) is 5.41. The van der Waals surface area contributed by atoms with Gasteiger partial charge in [0.05, 0.1) is 0 Å². The number of nitrogens with one attached hydrogen (secondary N) is 2. The quantitative estimate of drug-likeness (QED) is 0.627. The van der Waals surface area contributed by atoms with E-state index in [4.69, 9.17) is 4.74 Å². The van der Waals surface area contributed by atoms with Gasteiger partial charge in [-0.2, -0.15) is 0 Å². The average Bonchev–Trinajstić information content (AvgIpc) is 2.63. The predicted octanol–water partition coefficient (Wildman–Crippen LogP) is 4.52. The second kappa shape index (κ2) is 8.13. The normalized spacial score (nSPS) is 10.4. The number of anilines is 1. The van der Waals surface area contributed by atoms with E-state index < -0.39 is 0 Å². The molecule has 0 radical (unpaired) electrons. The molecule has 0 aliphatic carbocycles. The van der Waals surface area contributed by atoms with Crippen molar-refractivity contribution in [2.75, 3.05) is 5.43 Å². The minimum atomic E-state index is -0.263. The van der Waals surface area contributed by atoms with Gasteiger partial charge in [-0.25, -0.2) is 9.82 Å². The summed E-state index contributed by atoms with van der Waals surface area (Å²) in [5.74, 6) is 0.395. The summed E-state index contributed by atoms with van der Waals surface area (Å²) in [6.07, 6.45) is 0. The van der Waals surface area contributed by atoms with Crippen LogP contribution in [0, 0.1) is 5.82 Å². The molecular weight excluding hydrogens is 303 g/mol. The summed E-state index contributed by atoms with van der Waals surface area (Å²) in [4.78, 5) is 0. The van der Waals surface area contributed by atoms with Gasteiger partial charge in [0, 0.05) is 12.2 Å². The van der Waals surface area contributed by atoms with Crippen LogP contribution in [0.1, 0.15) is 11.1 Å². The zero-order valence-corrected chi connectivity index (χ0v) is 13.2. The molecule has 24 heavy (non-hydrogen) atoms. The molecule has 0 fully saturated rings. The number of hydrogen-bond donors (Lipinski definition) is 2. The van der Waals surface area contributed by atoms with Crippen LogP contribution in [0.25, 0.3) is 0 Å². The van der Waals surface area contributed by atoms with Crippen LogP contribution in [-0.4, -0.2) is 0 Å². The van der Waals surface area contributed by atoms with Gasteiger partial charge < -0.3 is 10.2 Å². The highest BCUT2D eigenvalue weighted by Crippen LogP contribution is 2.14. The summed E-state index contributed by atoms with van der Waals surface area (Å²) < 4.78 is 18.5. The van der Waals surface area contributed by atoms with Crippen LogP contribution in [0.2, 0.25) is 0 Å². The summed E-state index contributed by atoms with van der Waals surface area (Å²) in [5.41, 5.74) is 9.59. The number of para-hydroxylation sites is 1. The van der Waals surface area contributed by atoms with Gasteiger partial charge >= 0.3 is 0 Å². The highest BCUT2D eigenvalue weighted by molar-refractivity contribution is 5.41. The van der Waals surface area contributed by atoms with Crippen LogP contribution in [0.3, 0.4) is 0 Å². The molecule has 122 valence electrons. The van der Waals surface area contributed by atoms with Crippen LogP contribution >= 0.6 is 0 Å². The molecule has 0 bridgehead atoms. The fourth-order valence-corrected chi connectivity index (χ4v) is 2.30. The van der Waals surface area contributed by atoms with Crippen LogP contribution < -0.4 is 15.6 Å². The van der Waals surface area contributed by atoms with E-state index in [2.05, 4.69) is 23.0 Å². The molecule has 0 saturated carbocycles. The molecule has 3 nitrogen and oxygen atoms in total.